The van der Waals surface area contributed by atoms with Crippen molar-refractivity contribution >= 4 is 136 Å². The number of hydrogen-bond donors (Lipinski definition) is 14. The molecule has 6 amide bonds. The van der Waals surface area contributed by atoms with Gasteiger partial charge < -0.3 is 101 Å². The second-order valence-corrected chi connectivity index (χ2v) is 38.0. The van der Waals surface area contributed by atoms with Gasteiger partial charge in [0.25, 0.3) is 0 Å². The molecule has 6 rings (SSSR count). The Kier molecular flexibility index (Phi) is 56.2. The smallest absolute Gasteiger partial charge is 0.328 e. The molecule has 14 N–H and O–H groups in total. The number of aliphatic carboxylic acids is 8. The third-order valence-electron chi connectivity index (χ3n) is 23.6. The van der Waals surface area contributed by atoms with Crippen molar-refractivity contribution in [1.29, 1.82) is 0 Å². The van der Waals surface area contributed by atoms with E-state index in [0.29, 0.717) is 81.3 Å². The summed E-state index contributed by atoms with van der Waals surface area (Å²) in [6.07, 6.45) is -0.108. The zero-order chi connectivity index (χ0) is 104. The van der Waals surface area contributed by atoms with Gasteiger partial charge in [-0.05, 0) is 142 Å². The minimum atomic E-state index is -4.55. The molecule has 45 nitrogen and oxygen atoms in total. The lowest BCUT2D eigenvalue weighted by Crippen LogP contribution is -2.49. The number of benzene rings is 3. The first-order valence-electron chi connectivity index (χ1n) is 48.0. The third kappa shape index (κ3) is 49.3. The van der Waals surface area contributed by atoms with Crippen molar-refractivity contribution in [1.82, 2.24) is 61.2 Å². The summed E-state index contributed by atoms with van der Waals surface area (Å²) in [6.45, 7) is 3.16. The molecule has 0 bridgehead atoms. The number of nitrogens with one attached hydrogen (secondary N) is 5. The normalized spacial score (nSPS) is 14.8. The molecule has 0 spiro atoms. The predicted octanol–water partition coefficient (Wildman–Crippen LogP) is 5.10. The molecule has 2 aliphatic heterocycles. The van der Waals surface area contributed by atoms with Gasteiger partial charge in [0.15, 0.2) is 0 Å². The van der Waals surface area contributed by atoms with Crippen LogP contribution in [0.15, 0.2) is 72.8 Å². The molecule has 6 atom stereocenters. The number of nitrogens with zero attached hydrogens (tertiary/aromatic N) is 8. The summed E-state index contributed by atoms with van der Waals surface area (Å²) in [4.78, 5) is 233. The largest absolute Gasteiger partial charge is 0.481 e. The molecule has 4 aromatic rings. The van der Waals surface area contributed by atoms with Crippen molar-refractivity contribution in [3.8, 4) is 22.5 Å². The molecule has 786 valence electrons. The zero-order valence-electron chi connectivity index (χ0n) is 80.1. The number of Topliss-reactive ketones (excluding diaryl/α,β-unsaturated/α-hetero) is 3. The van der Waals surface area contributed by atoms with Crippen LogP contribution in [0.1, 0.15) is 172 Å². The van der Waals surface area contributed by atoms with Crippen LogP contribution in [0.2, 0.25) is 0 Å². The Bertz CT molecular complexity index is 4790. The number of carboxylic acids is 8. The van der Waals surface area contributed by atoms with E-state index in [1.54, 1.807) is 24.3 Å². The van der Waals surface area contributed by atoms with Crippen LogP contribution in [0.25, 0.3) is 22.5 Å². The molecule has 3 heterocycles. The fourth-order valence-electron chi connectivity index (χ4n) is 15.8. The van der Waals surface area contributed by atoms with Gasteiger partial charge in [0.05, 0.1) is 115 Å². The number of halogens is 1. The summed E-state index contributed by atoms with van der Waals surface area (Å²) >= 11 is 2.22. The molecular weight excluding hydrogens is 1990 g/mol. The van der Waals surface area contributed by atoms with Crippen molar-refractivity contribution in [2.24, 2.45) is 17.8 Å². The van der Waals surface area contributed by atoms with Crippen LogP contribution in [-0.2, 0) is 129 Å². The van der Waals surface area contributed by atoms with Crippen molar-refractivity contribution in [3.63, 3.8) is 0 Å². The van der Waals surface area contributed by atoms with E-state index in [9.17, 15) is 127 Å². The molecule has 0 radical (unpaired) electrons. The SMILES string of the molecule is O=C(O)CCC(CP(=O)(O)OCCC[C@H](NC(=O)CC[C@H](CC(=O)CCCCCNC(=O)CCC(CC(=O)CCOCCOCCOCCOCCCC(=O)CCC(=O)N1Cc2ccccc2-c2c(nnn2CCCNC(=O)CN2CCN(CC(=O)O)CCN(CC(=O)O)CCN(CC(=O)O)CC2)-c2ccccc21)C(=O)NC(CCCCNC(=O)CCCc1ccc(I)cc1)C(=O)O)C(=O)O)C(=O)O)C(=O)O. The molecule has 1 fully saturated rings. The fraction of sp³-hybridized carbons (Fsp3) is 0.611. The molecule has 0 aliphatic carbocycles. The standard InChI is InChI=1S/C95H137IN13O32P/c96-71-29-24-66(25-30-71)14-10-23-80(113)97-38-9-7-20-78(95(133)134)101-91(126)67(26-32-81(114)98-37-8-1-2-16-73(111)59-68(92(127)128)27-33-82(115)100-77(94(131)132)21-12-50-141-142(135,136)65-70(93(129)130)28-35-85(118)119)58-74(112)36-51-138-53-55-140-57-56-139-54-52-137-49-11-17-72(110)31-34-84(117)108-60-69-15-3-4-18-75(69)90-89(76-19-5-6-22-79(76)108)102-103-109(90)40-13-39-99-83(116)61-104-41-43-105(62-86(120)121)45-47-107(64-88(124)125)48-46-106(44-42-104)63-87(122)123/h3-6,15,18-19,22,24-25,29-30,67-68,70,77-78H,1-2,7-14,16-17,20-21,23,26-28,31-65H2,(H,97,113)(H,98,114)(H,99,116)(H,100,115)(H,101,126)(H,118,119)(H,120,121)(H,122,123)(H,124,125)(H,127,128)(H,129,130)(H,131,132)(H,133,134)(H,135,136)/t67?,68-,70?,77+,78?/m1/s1. The van der Waals surface area contributed by atoms with Gasteiger partial charge in [-0.2, -0.15) is 0 Å². The van der Waals surface area contributed by atoms with E-state index >= 15 is 0 Å². The molecule has 3 aromatic carbocycles. The lowest BCUT2D eigenvalue weighted by molar-refractivity contribution is -0.145. The van der Waals surface area contributed by atoms with Gasteiger partial charge in [-0.1, -0.05) is 66.2 Å². The minimum absolute atomic E-state index is 0.000557. The Hall–Kier alpha value is -11.1. The summed E-state index contributed by atoms with van der Waals surface area (Å²) in [7, 11) is -4.55. The van der Waals surface area contributed by atoms with Crippen LogP contribution in [0, 0.1) is 21.3 Å². The number of amides is 6. The average Bonchev–Trinajstić information content (AvgIpc) is 1.55. The Morgan fingerprint density at radius 2 is 0.901 bits per heavy atom. The first kappa shape index (κ1) is 120. The number of carbonyl (C=O) groups excluding carboxylic acids is 9. The first-order valence-corrected chi connectivity index (χ1v) is 50.8. The molecule has 142 heavy (non-hydrogen) atoms. The van der Waals surface area contributed by atoms with Crippen molar-refractivity contribution in [3.05, 3.63) is 87.5 Å². The second-order valence-electron chi connectivity index (χ2n) is 34.9. The molecule has 4 unspecified atom stereocenters. The highest BCUT2D eigenvalue weighted by Crippen LogP contribution is 2.45. The third-order valence-corrected chi connectivity index (χ3v) is 25.8. The number of carbonyl (C=O) groups is 17. The van der Waals surface area contributed by atoms with Gasteiger partial charge in [-0.25, -0.2) is 14.3 Å². The quantitative estimate of drug-likeness (QED) is 0.0155. The van der Waals surface area contributed by atoms with Crippen LogP contribution in [0.4, 0.5) is 5.69 Å². The average molecular weight is 2130 g/mol. The Balaban J connectivity index is 0.866. The summed E-state index contributed by atoms with van der Waals surface area (Å²) in [5.74, 6) is -17.9. The number of aromatic nitrogens is 3. The number of aryl methyl sites for hydroxylation is 2. The lowest BCUT2D eigenvalue weighted by Gasteiger charge is -2.32. The molecule has 0 saturated carbocycles. The topological polar surface area (TPSA) is 643 Å². The van der Waals surface area contributed by atoms with Crippen LogP contribution >= 0.6 is 30.2 Å². The molecule has 2 aliphatic rings. The number of unbranched alkanes of at least 4 members (excludes halogenated alkanes) is 3. The summed E-state index contributed by atoms with van der Waals surface area (Å²) < 4.78 is 42.9. The van der Waals surface area contributed by atoms with Gasteiger partial charge in [-0.15, -0.1) is 5.10 Å². The Labute approximate surface area is 836 Å². The number of carboxylic acid groups (broad SMARTS) is 8. The first-order chi connectivity index (χ1) is 67.9. The van der Waals surface area contributed by atoms with Gasteiger partial charge >= 0.3 is 55.4 Å². The lowest BCUT2D eigenvalue weighted by atomic mass is 9.94. The Morgan fingerprint density at radius 1 is 0.408 bits per heavy atom. The van der Waals surface area contributed by atoms with Gasteiger partial charge in [0, 0.05) is 176 Å². The number of ether oxygens (including phenoxy) is 4. The fourth-order valence-corrected chi connectivity index (χ4v) is 17.6. The van der Waals surface area contributed by atoms with Crippen molar-refractivity contribution < 1.29 is 155 Å². The number of ketones is 3. The van der Waals surface area contributed by atoms with E-state index in [2.05, 4.69) is 59.5 Å². The second kappa shape index (κ2) is 66.7. The number of rotatable bonds is 73. The highest BCUT2D eigenvalue weighted by atomic mass is 127. The van der Waals surface area contributed by atoms with E-state index in [1.165, 1.54) is 0 Å². The van der Waals surface area contributed by atoms with Crippen molar-refractivity contribution in [2.45, 2.75) is 192 Å². The molecule has 1 aromatic heterocycles. The van der Waals surface area contributed by atoms with E-state index in [0.717, 1.165) is 32.4 Å². The molecule has 1 saturated heterocycles. The maximum atomic E-state index is 14.3. The Morgan fingerprint density at radius 3 is 1.49 bits per heavy atom. The number of para-hydroxylation sites is 1. The van der Waals surface area contributed by atoms with Crippen LogP contribution in [0.5, 0.6) is 0 Å². The van der Waals surface area contributed by atoms with E-state index in [-0.39, 0.29) is 258 Å². The van der Waals surface area contributed by atoms with Gasteiger partial charge in [0.2, 0.25) is 35.4 Å². The van der Waals surface area contributed by atoms with E-state index in [1.807, 2.05) is 77.7 Å². The van der Waals surface area contributed by atoms with Gasteiger partial charge in [-0.3, -0.25) is 96.1 Å². The zero-order valence-corrected chi connectivity index (χ0v) is 83.2. The van der Waals surface area contributed by atoms with E-state index in [4.69, 9.17) is 28.6 Å². The number of fused-ring (bicyclic) bond motifs is 5. The van der Waals surface area contributed by atoms with E-state index < -0.39 is 153 Å². The number of anilines is 1. The highest BCUT2D eigenvalue weighted by molar-refractivity contribution is 14.1. The van der Waals surface area contributed by atoms with Crippen LogP contribution in [0.3, 0.4) is 0 Å². The summed E-state index contributed by atoms with van der Waals surface area (Å²) in [5, 5.41) is 99.2. The van der Waals surface area contributed by atoms with Crippen LogP contribution in [-0.4, -0.2) is 357 Å². The molecule has 47 heteroatoms. The maximum Gasteiger partial charge on any atom is 0.328 e. The minimum Gasteiger partial charge on any atom is -0.481 e. The summed E-state index contributed by atoms with van der Waals surface area (Å²) in [6, 6.07) is 20.1. The maximum absolute atomic E-state index is 14.3. The summed E-state index contributed by atoms with van der Waals surface area (Å²) in [5.41, 5.74) is 5.21. The molecular formula is C95H137IN13O32P. The highest BCUT2D eigenvalue weighted by Gasteiger charge is 2.35. The van der Waals surface area contributed by atoms with Gasteiger partial charge in [0.1, 0.15) is 35.1 Å². The van der Waals surface area contributed by atoms with Crippen molar-refractivity contribution in [2.75, 3.05) is 169 Å². The predicted molar refractivity (Wildman–Crippen MR) is 520 cm³/mol. The monoisotopic (exact) mass is 2130 g/mol. The number of hydrogen-bond acceptors (Lipinski definition) is 29. The van der Waals surface area contributed by atoms with Crippen LogP contribution < -0.4 is 31.5 Å².